The van der Waals surface area contributed by atoms with Gasteiger partial charge in [0.15, 0.2) is 0 Å². The maximum atomic E-state index is 11.3. The molecular formula is C13H12ClNO3S. The van der Waals surface area contributed by atoms with E-state index in [2.05, 4.69) is 9.72 Å². The van der Waals surface area contributed by atoms with Gasteiger partial charge < -0.3 is 9.15 Å². The molecule has 2 aromatic heterocycles. The maximum absolute atomic E-state index is 11.3. The summed E-state index contributed by atoms with van der Waals surface area (Å²) in [5.41, 5.74) is 0. The van der Waals surface area contributed by atoms with Crippen LogP contribution in [0.1, 0.15) is 28.5 Å². The maximum Gasteiger partial charge on any atom is 0.373 e. The summed E-state index contributed by atoms with van der Waals surface area (Å²) in [6.45, 7) is 1.95. The number of hydrogen-bond acceptors (Lipinski definition) is 5. The average molecular weight is 298 g/mol. The molecule has 0 bridgehead atoms. The SMILES string of the molecule is COC(=O)c1ccc(C(C)Sc2ncccc2Cl)o1. The summed E-state index contributed by atoms with van der Waals surface area (Å²) >= 11 is 7.51. The van der Waals surface area contributed by atoms with Gasteiger partial charge in [0.05, 0.1) is 17.4 Å². The highest BCUT2D eigenvalue weighted by molar-refractivity contribution is 7.99. The molecule has 1 unspecified atom stereocenters. The largest absolute Gasteiger partial charge is 0.463 e. The second-order valence-electron chi connectivity index (χ2n) is 3.74. The van der Waals surface area contributed by atoms with Gasteiger partial charge in [-0.15, -0.1) is 0 Å². The van der Waals surface area contributed by atoms with Crippen LogP contribution < -0.4 is 0 Å². The van der Waals surface area contributed by atoms with Crippen molar-refractivity contribution in [2.75, 3.05) is 7.11 Å². The van der Waals surface area contributed by atoms with Crippen molar-refractivity contribution >= 4 is 29.3 Å². The third kappa shape index (κ3) is 3.30. The summed E-state index contributed by atoms with van der Waals surface area (Å²) in [6.07, 6.45) is 1.68. The normalized spacial score (nSPS) is 12.2. The molecule has 0 aromatic carbocycles. The van der Waals surface area contributed by atoms with Gasteiger partial charge in [0.2, 0.25) is 5.76 Å². The van der Waals surface area contributed by atoms with E-state index >= 15 is 0 Å². The predicted molar refractivity (Wildman–Crippen MR) is 73.6 cm³/mol. The van der Waals surface area contributed by atoms with Crippen molar-refractivity contribution < 1.29 is 13.9 Å². The third-order valence-electron chi connectivity index (χ3n) is 2.43. The first-order chi connectivity index (χ1) is 9.11. The molecule has 1 atom stereocenters. The molecule has 0 radical (unpaired) electrons. The Morgan fingerprint density at radius 1 is 1.47 bits per heavy atom. The highest BCUT2D eigenvalue weighted by atomic mass is 35.5. The lowest BCUT2D eigenvalue weighted by molar-refractivity contribution is 0.0563. The van der Waals surface area contributed by atoms with Gasteiger partial charge in [-0.3, -0.25) is 0 Å². The quantitative estimate of drug-likeness (QED) is 0.631. The van der Waals surface area contributed by atoms with E-state index in [1.807, 2.05) is 6.92 Å². The van der Waals surface area contributed by atoms with Gasteiger partial charge in [-0.1, -0.05) is 23.4 Å². The monoisotopic (exact) mass is 297 g/mol. The molecule has 0 amide bonds. The number of esters is 1. The van der Waals surface area contributed by atoms with E-state index in [0.717, 1.165) is 5.03 Å². The first kappa shape index (κ1) is 14.0. The molecule has 2 rings (SSSR count). The number of hydrogen-bond donors (Lipinski definition) is 0. The number of carbonyl (C=O) groups excluding carboxylic acids is 1. The second kappa shape index (κ2) is 6.12. The van der Waals surface area contributed by atoms with Gasteiger partial charge in [0, 0.05) is 6.20 Å². The number of halogens is 1. The molecule has 0 N–H and O–H groups in total. The standard InChI is InChI=1S/C13H12ClNO3S/c1-8(19-12-9(14)4-3-7-15-12)10-5-6-11(18-10)13(16)17-2/h3-8H,1-2H3. The molecule has 6 heteroatoms. The Morgan fingerprint density at radius 3 is 2.95 bits per heavy atom. The molecule has 2 aromatic rings. The van der Waals surface area contributed by atoms with Crippen LogP contribution in [0.25, 0.3) is 0 Å². The van der Waals surface area contributed by atoms with Crippen molar-refractivity contribution in [3.8, 4) is 0 Å². The van der Waals surface area contributed by atoms with Crippen molar-refractivity contribution in [2.24, 2.45) is 0 Å². The van der Waals surface area contributed by atoms with Crippen molar-refractivity contribution in [3.05, 3.63) is 47.0 Å². The van der Waals surface area contributed by atoms with Crippen LogP contribution in [0, 0.1) is 0 Å². The van der Waals surface area contributed by atoms with E-state index in [1.54, 1.807) is 30.5 Å². The van der Waals surface area contributed by atoms with E-state index in [1.165, 1.54) is 18.9 Å². The first-order valence-electron chi connectivity index (χ1n) is 5.57. The van der Waals surface area contributed by atoms with E-state index in [4.69, 9.17) is 16.0 Å². The smallest absolute Gasteiger partial charge is 0.373 e. The van der Waals surface area contributed by atoms with Crippen LogP contribution >= 0.6 is 23.4 Å². The number of pyridine rings is 1. The Labute approximate surface area is 120 Å². The Balaban J connectivity index is 2.12. The van der Waals surface area contributed by atoms with Crippen LogP contribution in [0.15, 0.2) is 39.9 Å². The number of rotatable bonds is 4. The lowest BCUT2D eigenvalue weighted by atomic mass is 10.3. The zero-order valence-corrected chi connectivity index (χ0v) is 12.0. The fourth-order valence-electron chi connectivity index (χ4n) is 1.47. The molecule has 0 fully saturated rings. The Kier molecular flexibility index (Phi) is 4.50. The molecular weight excluding hydrogens is 286 g/mol. The molecule has 0 aliphatic carbocycles. The number of ether oxygens (including phenoxy) is 1. The van der Waals surface area contributed by atoms with Crippen LogP contribution in [0.4, 0.5) is 0 Å². The summed E-state index contributed by atoms with van der Waals surface area (Å²) in [4.78, 5) is 15.5. The third-order valence-corrected chi connectivity index (χ3v) is 3.98. The average Bonchev–Trinajstić information content (AvgIpc) is 2.90. The fraction of sp³-hybridized carbons (Fsp3) is 0.231. The number of aromatic nitrogens is 1. The molecule has 0 aliphatic rings. The summed E-state index contributed by atoms with van der Waals surface area (Å²) in [7, 11) is 1.32. The van der Waals surface area contributed by atoms with Gasteiger partial charge in [-0.25, -0.2) is 9.78 Å². The summed E-state index contributed by atoms with van der Waals surface area (Å²) in [6, 6.07) is 6.91. The minimum atomic E-state index is -0.487. The second-order valence-corrected chi connectivity index (χ2v) is 5.48. The van der Waals surface area contributed by atoms with Crippen molar-refractivity contribution in [3.63, 3.8) is 0 Å². The zero-order valence-electron chi connectivity index (χ0n) is 10.4. The topological polar surface area (TPSA) is 52.3 Å². The molecule has 19 heavy (non-hydrogen) atoms. The number of thioether (sulfide) groups is 1. The van der Waals surface area contributed by atoms with Gasteiger partial charge in [-0.2, -0.15) is 0 Å². The van der Waals surface area contributed by atoms with Crippen LogP contribution in [0.2, 0.25) is 5.02 Å². The Morgan fingerprint density at radius 2 is 2.26 bits per heavy atom. The molecule has 2 heterocycles. The number of nitrogens with zero attached hydrogens (tertiary/aromatic N) is 1. The van der Waals surface area contributed by atoms with E-state index < -0.39 is 5.97 Å². The van der Waals surface area contributed by atoms with Crippen LogP contribution in [0.3, 0.4) is 0 Å². The molecule has 100 valence electrons. The molecule has 0 spiro atoms. The molecule has 0 saturated carbocycles. The number of methoxy groups -OCH3 is 1. The Hall–Kier alpha value is -1.46. The van der Waals surface area contributed by atoms with Crippen LogP contribution in [-0.2, 0) is 4.74 Å². The minimum Gasteiger partial charge on any atom is -0.463 e. The highest BCUT2D eigenvalue weighted by Crippen LogP contribution is 2.37. The van der Waals surface area contributed by atoms with Gasteiger partial charge in [-0.05, 0) is 31.2 Å². The summed E-state index contributed by atoms with van der Waals surface area (Å²) < 4.78 is 10.0. The molecule has 0 aliphatic heterocycles. The lowest BCUT2D eigenvalue weighted by Gasteiger charge is -2.08. The summed E-state index contributed by atoms with van der Waals surface area (Å²) in [5, 5.41) is 1.32. The zero-order chi connectivity index (χ0) is 13.8. The van der Waals surface area contributed by atoms with Gasteiger partial charge >= 0.3 is 5.97 Å². The van der Waals surface area contributed by atoms with Gasteiger partial charge in [0.1, 0.15) is 10.8 Å². The molecule has 0 saturated heterocycles. The Bertz CT molecular complexity index is 585. The van der Waals surface area contributed by atoms with Crippen LogP contribution in [-0.4, -0.2) is 18.1 Å². The first-order valence-corrected chi connectivity index (χ1v) is 6.83. The molecule has 4 nitrogen and oxygen atoms in total. The van der Waals surface area contributed by atoms with Gasteiger partial charge in [0.25, 0.3) is 0 Å². The summed E-state index contributed by atoms with van der Waals surface area (Å²) in [5.74, 6) is 0.378. The van der Waals surface area contributed by atoms with E-state index in [9.17, 15) is 4.79 Å². The predicted octanol–water partition coefficient (Wildman–Crippen LogP) is 3.97. The van der Waals surface area contributed by atoms with Crippen molar-refractivity contribution in [1.82, 2.24) is 4.98 Å². The van der Waals surface area contributed by atoms with Crippen molar-refractivity contribution in [1.29, 1.82) is 0 Å². The van der Waals surface area contributed by atoms with Crippen molar-refractivity contribution in [2.45, 2.75) is 17.2 Å². The van der Waals surface area contributed by atoms with E-state index in [-0.39, 0.29) is 11.0 Å². The number of carbonyl (C=O) groups is 1. The van der Waals surface area contributed by atoms with E-state index in [0.29, 0.717) is 10.8 Å². The number of furan rings is 1. The van der Waals surface area contributed by atoms with Crippen LogP contribution in [0.5, 0.6) is 0 Å². The lowest BCUT2D eigenvalue weighted by Crippen LogP contribution is -1.98. The fourth-order valence-corrected chi connectivity index (χ4v) is 2.60. The minimum absolute atomic E-state index is 0.00851. The highest BCUT2D eigenvalue weighted by Gasteiger charge is 2.17.